The predicted molar refractivity (Wildman–Crippen MR) is 66.1 cm³/mol. The highest BCUT2D eigenvalue weighted by atomic mass is 127. The van der Waals surface area contributed by atoms with E-state index < -0.39 is 0 Å². The van der Waals surface area contributed by atoms with Crippen LogP contribution in [0, 0.1) is 3.57 Å². The molecule has 0 aromatic carbocycles. The molecule has 0 aliphatic rings. The average Bonchev–Trinajstić information content (AvgIpc) is 2.54. The van der Waals surface area contributed by atoms with Gasteiger partial charge < -0.3 is 5.43 Å². The van der Waals surface area contributed by atoms with E-state index >= 15 is 0 Å². The quantitative estimate of drug-likeness (QED) is 0.295. The second-order valence-corrected chi connectivity index (χ2v) is 4.55. The zero-order chi connectivity index (χ0) is 9.68. The Balaban J connectivity index is 2.84. The van der Waals surface area contributed by atoms with E-state index in [1.54, 1.807) is 11.3 Å². The zero-order valence-electron chi connectivity index (χ0n) is 7.38. The van der Waals surface area contributed by atoms with E-state index in [-0.39, 0.29) is 0 Å². The summed E-state index contributed by atoms with van der Waals surface area (Å²) in [5, 5.41) is 2.04. The van der Waals surface area contributed by atoms with E-state index in [0.717, 1.165) is 23.7 Å². The van der Waals surface area contributed by atoms with Gasteiger partial charge in [0.1, 0.15) is 0 Å². The highest BCUT2D eigenvalue weighted by Gasteiger charge is 2.06. The van der Waals surface area contributed by atoms with Gasteiger partial charge in [-0.25, -0.2) is 5.84 Å². The Morgan fingerprint density at radius 3 is 3.00 bits per heavy atom. The molecule has 0 aliphatic heterocycles. The number of halogens is 1. The number of amidine groups is 1. The Kier molecular flexibility index (Phi) is 4.68. The minimum atomic E-state index is 0.793. The molecule has 0 amide bonds. The van der Waals surface area contributed by atoms with Gasteiger partial charge in [0.05, 0.1) is 4.88 Å². The van der Waals surface area contributed by atoms with Gasteiger partial charge in [-0.3, -0.25) is 4.99 Å². The molecule has 1 heterocycles. The van der Waals surface area contributed by atoms with Crippen LogP contribution in [0.2, 0.25) is 0 Å². The van der Waals surface area contributed by atoms with Crippen LogP contribution in [0.3, 0.4) is 0 Å². The molecule has 0 bridgehead atoms. The van der Waals surface area contributed by atoms with Gasteiger partial charge in [0.2, 0.25) is 0 Å². The van der Waals surface area contributed by atoms with Crippen LogP contribution < -0.4 is 11.3 Å². The van der Waals surface area contributed by atoms with Crippen LogP contribution in [0.15, 0.2) is 16.4 Å². The standard InChI is InChI=1S/C8H12IN3S/c1-2-4-11-8(12-10)7-6(9)3-5-13-7/h3,5H,2,4,10H2,1H3,(H,11,12). The van der Waals surface area contributed by atoms with Gasteiger partial charge in [0.25, 0.3) is 0 Å². The number of hydrogen-bond acceptors (Lipinski definition) is 3. The molecule has 1 rings (SSSR count). The first kappa shape index (κ1) is 10.9. The molecule has 3 N–H and O–H groups in total. The van der Waals surface area contributed by atoms with Crippen molar-refractivity contribution in [1.29, 1.82) is 0 Å². The van der Waals surface area contributed by atoms with Crippen molar-refractivity contribution < 1.29 is 0 Å². The minimum Gasteiger partial charge on any atom is -0.308 e. The van der Waals surface area contributed by atoms with Crippen LogP contribution in [0.4, 0.5) is 0 Å². The highest BCUT2D eigenvalue weighted by Crippen LogP contribution is 2.18. The summed E-state index contributed by atoms with van der Waals surface area (Å²) in [5.41, 5.74) is 2.64. The topological polar surface area (TPSA) is 50.4 Å². The van der Waals surface area contributed by atoms with E-state index in [4.69, 9.17) is 5.84 Å². The zero-order valence-corrected chi connectivity index (χ0v) is 10.4. The molecule has 0 aliphatic carbocycles. The fourth-order valence-corrected chi connectivity index (χ4v) is 2.69. The summed E-state index contributed by atoms with van der Waals surface area (Å²) < 4.78 is 1.19. The SMILES string of the molecule is CCCN=C(NN)c1sccc1I. The van der Waals surface area contributed by atoms with E-state index in [2.05, 4.69) is 46.0 Å². The van der Waals surface area contributed by atoms with Crippen molar-refractivity contribution >= 4 is 39.8 Å². The molecule has 0 unspecified atom stereocenters. The molecule has 0 radical (unpaired) electrons. The van der Waals surface area contributed by atoms with Crippen LogP contribution in [0.5, 0.6) is 0 Å². The molecule has 0 fully saturated rings. The molecule has 5 heteroatoms. The lowest BCUT2D eigenvalue weighted by Crippen LogP contribution is -2.31. The third-order valence-electron chi connectivity index (χ3n) is 1.46. The Morgan fingerprint density at radius 2 is 2.54 bits per heavy atom. The molecule has 1 aromatic heterocycles. The number of nitrogens with two attached hydrogens (primary N) is 1. The normalized spacial score (nSPS) is 11.8. The summed E-state index contributed by atoms with van der Waals surface area (Å²) in [6.07, 6.45) is 1.03. The van der Waals surface area contributed by atoms with Gasteiger partial charge in [-0.15, -0.1) is 11.3 Å². The van der Waals surface area contributed by atoms with E-state index in [1.807, 2.05) is 5.38 Å². The molecule has 0 saturated heterocycles. The first-order chi connectivity index (χ1) is 6.29. The second-order valence-electron chi connectivity index (χ2n) is 2.47. The van der Waals surface area contributed by atoms with Crippen molar-refractivity contribution in [3.8, 4) is 0 Å². The van der Waals surface area contributed by atoms with E-state index in [9.17, 15) is 0 Å². The fraction of sp³-hybridized carbons (Fsp3) is 0.375. The van der Waals surface area contributed by atoms with Crippen molar-refractivity contribution in [2.45, 2.75) is 13.3 Å². The smallest absolute Gasteiger partial charge is 0.153 e. The van der Waals surface area contributed by atoms with Gasteiger partial charge in [0, 0.05) is 10.1 Å². The largest absolute Gasteiger partial charge is 0.308 e. The number of hydrazine groups is 1. The van der Waals surface area contributed by atoms with Crippen molar-refractivity contribution in [3.05, 3.63) is 19.9 Å². The Morgan fingerprint density at radius 1 is 1.77 bits per heavy atom. The summed E-state index contributed by atoms with van der Waals surface area (Å²) in [7, 11) is 0. The second kappa shape index (κ2) is 5.56. The molecule has 1 aromatic rings. The highest BCUT2D eigenvalue weighted by molar-refractivity contribution is 14.1. The molecule has 0 atom stereocenters. The lowest BCUT2D eigenvalue weighted by Gasteiger charge is -2.03. The van der Waals surface area contributed by atoms with Crippen LogP contribution in [-0.2, 0) is 0 Å². The molecule has 3 nitrogen and oxygen atoms in total. The van der Waals surface area contributed by atoms with Crippen molar-refractivity contribution in [1.82, 2.24) is 5.43 Å². The number of nitrogens with zero attached hydrogens (tertiary/aromatic N) is 1. The van der Waals surface area contributed by atoms with Crippen molar-refractivity contribution in [2.75, 3.05) is 6.54 Å². The fourth-order valence-electron chi connectivity index (χ4n) is 0.869. The number of hydrogen-bond donors (Lipinski definition) is 2. The maximum Gasteiger partial charge on any atom is 0.153 e. The molecular weight excluding hydrogens is 297 g/mol. The Labute approximate surface area is 95.5 Å². The van der Waals surface area contributed by atoms with Crippen LogP contribution >= 0.6 is 33.9 Å². The van der Waals surface area contributed by atoms with Gasteiger partial charge in [-0.1, -0.05) is 6.92 Å². The molecule has 0 spiro atoms. The average molecular weight is 309 g/mol. The maximum absolute atomic E-state index is 5.40. The van der Waals surface area contributed by atoms with E-state index in [0.29, 0.717) is 0 Å². The van der Waals surface area contributed by atoms with Gasteiger partial charge >= 0.3 is 0 Å². The summed E-state index contributed by atoms with van der Waals surface area (Å²) in [5.74, 6) is 6.19. The maximum atomic E-state index is 5.40. The lowest BCUT2D eigenvalue weighted by molar-refractivity contribution is 0.909. The lowest BCUT2D eigenvalue weighted by atomic mass is 10.4. The number of nitrogens with one attached hydrogen (secondary N) is 1. The van der Waals surface area contributed by atoms with Crippen molar-refractivity contribution in [3.63, 3.8) is 0 Å². The summed E-state index contributed by atoms with van der Waals surface area (Å²) >= 11 is 3.93. The summed E-state index contributed by atoms with van der Waals surface area (Å²) in [4.78, 5) is 5.47. The third kappa shape index (κ3) is 2.92. The molecule has 0 saturated carbocycles. The van der Waals surface area contributed by atoms with Crippen LogP contribution in [-0.4, -0.2) is 12.4 Å². The van der Waals surface area contributed by atoms with Gasteiger partial charge in [-0.05, 0) is 40.5 Å². The van der Waals surface area contributed by atoms with E-state index in [1.165, 1.54) is 3.57 Å². The number of aliphatic imine (C=N–C) groups is 1. The number of thiophene rings is 1. The van der Waals surface area contributed by atoms with Crippen LogP contribution in [0.25, 0.3) is 0 Å². The molecule has 13 heavy (non-hydrogen) atoms. The third-order valence-corrected chi connectivity index (χ3v) is 3.65. The predicted octanol–water partition coefficient (Wildman–Crippen LogP) is 1.97. The Bertz CT molecular complexity index is 295. The summed E-state index contributed by atoms with van der Waals surface area (Å²) in [6, 6.07) is 2.05. The first-order valence-electron chi connectivity index (χ1n) is 4.04. The van der Waals surface area contributed by atoms with Gasteiger partial charge in [-0.2, -0.15) is 0 Å². The minimum absolute atomic E-state index is 0.793. The first-order valence-corrected chi connectivity index (χ1v) is 5.99. The van der Waals surface area contributed by atoms with Gasteiger partial charge in [0.15, 0.2) is 5.84 Å². The molecular formula is C8H12IN3S. The Hall–Kier alpha value is -0.140. The summed E-state index contributed by atoms with van der Waals surface area (Å²) in [6.45, 7) is 2.91. The molecule has 72 valence electrons. The van der Waals surface area contributed by atoms with Crippen molar-refractivity contribution in [2.24, 2.45) is 10.8 Å². The monoisotopic (exact) mass is 309 g/mol. The number of rotatable bonds is 3. The van der Waals surface area contributed by atoms with Crippen LogP contribution in [0.1, 0.15) is 18.2 Å².